The fourth-order valence-electron chi connectivity index (χ4n) is 1.62. The summed E-state index contributed by atoms with van der Waals surface area (Å²) in [4.78, 5) is 19.7. The Morgan fingerprint density at radius 3 is 3.18 bits per heavy atom. The van der Waals surface area contributed by atoms with Crippen molar-refractivity contribution in [1.29, 1.82) is 0 Å². The minimum absolute atomic E-state index is 0.298. The summed E-state index contributed by atoms with van der Waals surface area (Å²) in [5, 5.41) is 15.8. The van der Waals surface area contributed by atoms with Crippen molar-refractivity contribution >= 4 is 40.1 Å². The summed E-state index contributed by atoms with van der Waals surface area (Å²) in [6.45, 7) is 3.91. The number of hydrogen-bond donors (Lipinski definition) is 1. The molecular weight excluding hydrogens is 326 g/mol. The number of carbonyl (C=O) groups is 1. The van der Waals surface area contributed by atoms with Gasteiger partial charge in [0.1, 0.15) is 11.4 Å². The SMILES string of the molecule is CCOC(=O)Nc1nnc(Sc2cc(C)nc3ncnn23)s1. The third-order valence-electron chi connectivity index (χ3n) is 2.43. The number of hydrogen-bond acceptors (Lipinski definition) is 9. The molecule has 9 nitrogen and oxygen atoms in total. The van der Waals surface area contributed by atoms with Gasteiger partial charge in [-0.25, -0.2) is 9.78 Å². The van der Waals surface area contributed by atoms with Gasteiger partial charge in [-0.2, -0.15) is 14.6 Å². The van der Waals surface area contributed by atoms with Crippen LogP contribution in [0.4, 0.5) is 9.93 Å². The van der Waals surface area contributed by atoms with Crippen LogP contribution in [0.1, 0.15) is 12.6 Å². The second-order valence-corrected chi connectivity index (χ2v) is 6.27. The van der Waals surface area contributed by atoms with Crippen LogP contribution in [-0.4, -0.2) is 42.5 Å². The molecule has 22 heavy (non-hydrogen) atoms. The fourth-order valence-corrected chi connectivity index (χ4v) is 3.44. The first-order chi connectivity index (χ1) is 10.7. The number of aromatic nitrogens is 6. The van der Waals surface area contributed by atoms with E-state index in [0.717, 1.165) is 10.7 Å². The highest BCUT2D eigenvalue weighted by Crippen LogP contribution is 2.31. The molecule has 0 aliphatic carbocycles. The van der Waals surface area contributed by atoms with Crippen LogP contribution in [0.2, 0.25) is 0 Å². The van der Waals surface area contributed by atoms with Gasteiger partial charge in [0.2, 0.25) is 5.13 Å². The first-order valence-electron chi connectivity index (χ1n) is 6.28. The van der Waals surface area contributed by atoms with Gasteiger partial charge in [-0.15, -0.1) is 10.2 Å². The predicted molar refractivity (Wildman–Crippen MR) is 80.2 cm³/mol. The molecule has 0 fully saturated rings. The number of anilines is 1. The first kappa shape index (κ1) is 14.7. The van der Waals surface area contributed by atoms with Gasteiger partial charge >= 0.3 is 6.09 Å². The second-order valence-electron chi connectivity index (χ2n) is 4.03. The van der Waals surface area contributed by atoms with Crippen LogP contribution in [0.5, 0.6) is 0 Å². The number of amides is 1. The van der Waals surface area contributed by atoms with Crippen molar-refractivity contribution < 1.29 is 9.53 Å². The zero-order valence-electron chi connectivity index (χ0n) is 11.7. The summed E-state index contributed by atoms with van der Waals surface area (Å²) in [7, 11) is 0. The maximum absolute atomic E-state index is 11.3. The molecule has 3 heterocycles. The zero-order chi connectivity index (χ0) is 15.5. The van der Waals surface area contributed by atoms with Gasteiger partial charge in [0.05, 0.1) is 6.61 Å². The van der Waals surface area contributed by atoms with E-state index in [4.69, 9.17) is 4.74 Å². The number of nitrogens with zero attached hydrogens (tertiary/aromatic N) is 6. The van der Waals surface area contributed by atoms with Crippen molar-refractivity contribution in [2.75, 3.05) is 11.9 Å². The molecule has 0 aliphatic rings. The minimum Gasteiger partial charge on any atom is -0.450 e. The van der Waals surface area contributed by atoms with Crippen LogP contribution in [0.25, 0.3) is 5.78 Å². The normalized spacial score (nSPS) is 10.8. The molecule has 0 bridgehead atoms. The van der Waals surface area contributed by atoms with Crippen molar-refractivity contribution in [1.82, 2.24) is 29.8 Å². The van der Waals surface area contributed by atoms with Crippen LogP contribution in [-0.2, 0) is 4.74 Å². The maximum atomic E-state index is 11.3. The Hall–Kier alpha value is -2.27. The Kier molecular flexibility index (Phi) is 4.15. The Morgan fingerprint density at radius 2 is 2.36 bits per heavy atom. The maximum Gasteiger partial charge on any atom is 0.413 e. The summed E-state index contributed by atoms with van der Waals surface area (Å²) in [5.41, 5.74) is 0.831. The molecule has 0 radical (unpaired) electrons. The lowest BCUT2D eigenvalue weighted by Gasteiger charge is -2.01. The topological polar surface area (TPSA) is 107 Å². The van der Waals surface area contributed by atoms with Gasteiger partial charge in [-0.3, -0.25) is 5.32 Å². The van der Waals surface area contributed by atoms with Gasteiger partial charge in [0.25, 0.3) is 5.78 Å². The first-order valence-corrected chi connectivity index (χ1v) is 7.91. The molecule has 0 saturated heterocycles. The zero-order valence-corrected chi connectivity index (χ0v) is 13.3. The van der Waals surface area contributed by atoms with Gasteiger partial charge in [-0.1, -0.05) is 11.3 Å². The number of carbonyl (C=O) groups excluding carboxylic acids is 1. The van der Waals surface area contributed by atoms with Crippen molar-refractivity contribution in [3.05, 3.63) is 18.1 Å². The monoisotopic (exact) mass is 337 g/mol. The molecule has 0 saturated carbocycles. The van der Waals surface area contributed by atoms with E-state index in [1.807, 2.05) is 13.0 Å². The molecule has 0 unspecified atom stereocenters. The summed E-state index contributed by atoms with van der Waals surface area (Å²) >= 11 is 2.62. The van der Waals surface area contributed by atoms with E-state index in [-0.39, 0.29) is 0 Å². The molecule has 3 rings (SSSR count). The van der Waals surface area contributed by atoms with Crippen LogP contribution in [0.15, 0.2) is 21.8 Å². The smallest absolute Gasteiger partial charge is 0.413 e. The van der Waals surface area contributed by atoms with E-state index in [1.54, 1.807) is 11.4 Å². The molecule has 1 amide bonds. The lowest BCUT2D eigenvalue weighted by atomic mass is 10.5. The van der Waals surface area contributed by atoms with Gasteiger partial charge in [0, 0.05) is 5.69 Å². The molecular formula is C11H11N7O2S2. The third kappa shape index (κ3) is 3.14. The van der Waals surface area contributed by atoms with E-state index in [2.05, 4.69) is 30.6 Å². The van der Waals surface area contributed by atoms with Crippen LogP contribution in [0.3, 0.4) is 0 Å². The number of nitrogens with one attached hydrogen (secondary N) is 1. The van der Waals surface area contributed by atoms with Crippen molar-refractivity contribution in [2.45, 2.75) is 23.2 Å². The van der Waals surface area contributed by atoms with Crippen LogP contribution >= 0.6 is 23.1 Å². The molecule has 0 spiro atoms. The quantitative estimate of drug-likeness (QED) is 0.569. The highest BCUT2D eigenvalue weighted by molar-refractivity contribution is 8.01. The van der Waals surface area contributed by atoms with Crippen molar-refractivity contribution in [2.24, 2.45) is 0 Å². The Morgan fingerprint density at radius 1 is 1.50 bits per heavy atom. The largest absolute Gasteiger partial charge is 0.450 e. The lowest BCUT2D eigenvalue weighted by molar-refractivity contribution is 0.168. The predicted octanol–water partition coefficient (Wildman–Crippen LogP) is 2.00. The number of fused-ring (bicyclic) bond motifs is 1. The molecule has 0 aromatic carbocycles. The molecule has 3 aromatic heterocycles. The van der Waals surface area contributed by atoms with Gasteiger partial charge in [0.15, 0.2) is 4.34 Å². The molecule has 0 aliphatic heterocycles. The van der Waals surface area contributed by atoms with E-state index < -0.39 is 6.09 Å². The number of rotatable bonds is 4. The summed E-state index contributed by atoms with van der Waals surface area (Å²) in [6.07, 6.45) is 0.897. The van der Waals surface area contributed by atoms with Crippen molar-refractivity contribution in [3.63, 3.8) is 0 Å². The summed E-state index contributed by atoms with van der Waals surface area (Å²) in [5.74, 6) is 0.525. The second kappa shape index (κ2) is 6.23. The highest BCUT2D eigenvalue weighted by Gasteiger charge is 2.13. The highest BCUT2D eigenvalue weighted by atomic mass is 32.2. The molecule has 11 heteroatoms. The van der Waals surface area contributed by atoms with Gasteiger partial charge < -0.3 is 4.74 Å². The molecule has 1 N–H and O–H groups in total. The van der Waals surface area contributed by atoms with Gasteiger partial charge in [-0.05, 0) is 31.7 Å². The number of ether oxygens (including phenoxy) is 1. The molecule has 3 aromatic rings. The minimum atomic E-state index is -0.548. The summed E-state index contributed by atoms with van der Waals surface area (Å²) in [6, 6.07) is 1.88. The average molecular weight is 337 g/mol. The van der Waals surface area contributed by atoms with Crippen LogP contribution in [0, 0.1) is 6.92 Å². The average Bonchev–Trinajstić information content (AvgIpc) is 3.08. The molecule has 114 valence electrons. The fraction of sp³-hybridized carbons (Fsp3) is 0.273. The molecule has 0 atom stereocenters. The Labute approximate surface area is 133 Å². The van der Waals surface area contributed by atoms with E-state index >= 15 is 0 Å². The lowest BCUT2D eigenvalue weighted by Crippen LogP contribution is -2.12. The van der Waals surface area contributed by atoms with E-state index in [0.29, 0.717) is 21.9 Å². The van der Waals surface area contributed by atoms with Crippen molar-refractivity contribution in [3.8, 4) is 0 Å². The standard InChI is InChI=1S/C11H11N7O2S2/c1-3-20-10(19)15-9-16-17-11(22-9)21-7-4-6(2)14-8-12-5-13-18(7)8/h4-5H,3H2,1-2H3,(H,15,16,19). The Balaban J connectivity index is 1.79. The summed E-state index contributed by atoms with van der Waals surface area (Å²) < 4.78 is 7.07. The van der Waals surface area contributed by atoms with E-state index in [1.165, 1.54) is 29.4 Å². The van der Waals surface area contributed by atoms with E-state index in [9.17, 15) is 4.79 Å². The third-order valence-corrected chi connectivity index (χ3v) is 4.32. The van der Waals surface area contributed by atoms with Crippen LogP contribution < -0.4 is 5.32 Å². The Bertz CT molecular complexity index is 816. The number of aryl methyl sites for hydroxylation is 1.